The summed E-state index contributed by atoms with van der Waals surface area (Å²) in [6, 6.07) is 13.9. The summed E-state index contributed by atoms with van der Waals surface area (Å²) in [6.07, 6.45) is 6.56. The molecule has 25 heavy (non-hydrogen) atoms. The number of benzene rings is 2. The lowest BCUT2D eigenvalue weighted by atomic mass is 10.1. The second-order valence-electron chi connectivity index (χ2n) is 5.83. The van der Waals surface area contributed by atoms with Crippen molar-refractivity contribution in [3.05, 3.63) is 71.0 Å². The lowest BCUT2D eigenvalue weighted by Gasteiger charge is -2.05. The van der Waals surface area contributed by atoms with Gasteiger partial charge < -0.3 is 4.98 Å². The van der Waals surface area contributed by atoms with Crippen LogP contribution in [0.3, 0.4) is 0 Å². The van der Waals surface area contributed by atoms with Gasteiger partial charge in [-0.25, -0.2) is 0 Å². The van der Waals surface area contributed by atoms with E-state index in [1.807, 2.05) is 36.7 Å². The normalized spacial score (nSPS) is 11.6. The number of rotatable bonds is 4. The molecule has 0 aliphatic heterocycles. The third-order valence-electron chi connectivity index (χ3n) is 4.31. The van der Waals surface area contributed by atoms with Crippen molar-refractivity contribution in [2.45, 2.75) is 13.3 Å². The zero-order valence-corrected chi connectivity index (χ0v) is 14.5. The summed E-state index contributed by atoms with van der Waals surface area (Å²) in [5.41, 5.74) is 8.39. The van der Waals surface area contributed by atoms with Crippen LogP contribution in [0.1, 0.15) is 18.1 Å². The average Bonchev–Trinajstić information content (AvgIpc) is 3.05. The number of para-hydroxylation sites is 1. The van der Waals surface area contributed by atoms with Gasteiger partial charge in [0.2, 0.25) is 0 Å². The highest BCUT2D eigenvalue weighted by Gasteiger charge is 2.05. The maximum Gasteiger partial charge on any atom is 0.0738 e. The molecule has 0 unspecified atom stereocenters. The van der Waals surface area contributed by atoms with Gasteiger partial charge in [0, 0.05) is 39.3 Å². The predicted octanol–water partition coefficient (Wildman–Crippen LogP) is 5.38. The van der Waals surface area contributed by atoms with E-state index in [2.05, 4.69) is 45.6 Å². The molecule has 0 aliphatic rings. The minimum absolute atomic E-state index is 0.672. The Morgan fingerprint density at radius 3 is 3.00 bits per heavy atom. The second kappa shape index (κ2) is 6.57. The van der Waals surface area contributed by atoms with Crippen molar-refractivity contribution in [1.29, 1.82) is 0 Å². The van der Waals surface area contributed by atoms with Gasteiger partial charge in [-0.2, -0.15) is 5.10 Å². The number of pyridine rings is 1. The molecule has 4 rings (SSSR count). The molecule has 2 heterocycles. The number of hydrazone groups is 1. The number of hydrogen-bond donors (Lipinski definition) is 2. The summed E-state index contributed by atoms with van der Waals surface area (Å²) in [5, 5.41) is 7.24. The molecule has 0 amide bonds. The minimum atomic E-state index is 0.672. The summed E-state index contributed by atoms with van der Waals surface area (Å²) in [4.78, 5) is 7.69. The van der Waals surface area contributed by atoms with Crippen LogP contribution in [0.25, 0.3) is 21.8 Å². The van der Waals surface area contributed by atoms with Gasteiger partial charge in [0.1, 0.15) is 0 Å². The number of aryl methyl sites for hydroxylation is 1. The summed E-state index contributed by atoms with van der Waals surface area (Å²) in [7, 11) is 0. The van der Waals surface area contributed by atoms with E-state index in [-0.39, 0.29) is 0 Å². The van der Waals surface area contributed by atoms with Crippen LogP contribution in [0.4, 0.5) is 5.69 Å². The van der Waals surface area contributed by atoms with E-state index in [1.165, 1.54) is 16.5 Å². The molecule has 4 nitrogen and oxygen atoms in total. The molecular formula is C20H17ClN4. The van der Waals surface area contributed by atoms with Crippen LogP contribution in [0.5, 0.6) is 0 Å². The van der Waals surface area contributed by atoms with E-state index in [1.54, 1.807) is 6.20 Å². The number of anilines is 1. The van der Waals surface area contributed by atoms with Gasteiger partial charge >= 0.3 is 0 Å². The standard InChI is InChI=1S/C20H17ClN4/c1-2-13-4-3-5-16-14(11-23-20(13)16)12-24-25-18-8-9-22-19-10-15(21)6-7-17(18)19/h3-12,23H,2H2,1H3,(H,22,25). The largest absolute Gasteiger partial charge is 0.360 e. The van der Waals surface area contributed by atoms with Crippen molar-refractivity contribution in [1.82, 2.24) is 9.97 Å². The maximum absolute atomic E-state index is 6.03. The number of nitrogens with one attached hydrogen (secondary N) is 2. The first-order chi connectivity index (χ1) is 12.3. The highest BCUT2D eigenvalue weighted by Crippen LogP contribution is 2.25. The lowest BCUT2D eigenvalue weighted by molar-refractivity contribution is 1.15. The maximum atomic E-state index is 6.03. The number of hydrogen-bond acceptors (Lipinski definition) is 3. The highest BCUT2D eigenvalue weighted by molar-refractivity contribution is 6.31. The Morgan fingerprint density at radius 2 is 2.12 bits per heavy atom. The molecular weight excluding hydrogens is 332 g/mol. The summed E-state index contributed by atoms with van der Waals surface area (Å²) in [6.45, 7) is 2.16. The van der Waals surface area contributed by atoms with Gasteiger partial charge in [-0.1, -0.05) is 36.7 Å². The summed E-state index contributed by atoms with van der Waals surface area (Å²) < 4.78 is 0. The van der Waals surface area contributed by atoms with Crippen LogP contribution in [-0.2, 0) is 6.42 Å². The molecule has 0 radical (unpaired) electrons. The van der Waals surface area contributed by atoms with Crippen LogP contribution in [0, 0.1) is 0 Å². The predicted molar refractivity (Wildman–Crippen MR) is 106 cm³/mol. The van der Waals surface area contributed by atoms with E-state index in [4.69, 9.17) is 11.6 Å². The number of fused-ring (bicyclic) bond motifs is 2. The molecule has 2 aromatic carbocycles. The Labute approximate surface area is 150 Å². The fourth-order valence-electron chi connectivity index (χ4n) is 3.03. The fraction of sp³-hybridized carbons (Fsp3) is 0.100. The molecule has 124 valence electrons. The first kappa shape index (κ1) is 15.7. The monoisotopic (exact) mass is 348 g/mol. The number of aromatic nitrogens is 2. The van der Waals surface area contributed by atoms with Gasteiger partial charge in [-0.05, 0) is 36.2 Å². The first-order valence-corrected chi connectivity index (χ1v) is 8.56. The van der Waals surface area contributed by atoms with Crippen molar-refractivity contribution in [2.75, 3.05) is 5.43 Å². The Bertz CT molecular complexity index is 1080. The minimum Gasteiger partial charge on any atom is -0.360 e. The van der Waals surface area contributed by atoms with Crippen molar-refractivity contribution < 1.29 is 0 Å². The van der Waals surface area contributed by atoms with E-state index in [9.17, 15) is 0 Å². The Morgan fingerprint density at radius 1 is 1.20 bits per heavy atom. The van der Waals surface area contributed by atoms with Crippen molar-refractivity contribution in [2.24, 2.45) is 5.10 Å². The number of aromatic amines is 1. The van der Waals surface area contributed by atoms with Crippen LogP contribution in [-0.4, -0.2) is 16.2 Å². The Hall–Kier alpha value is -2.85. The third-order valence-corrected chi connectivity index (χ3v) is 4.54. The molecule has 0 saturated carbocycles. The van der Waals surface area contributed by atoms with Crippen LogP contribution in [0.15, 0.2) is 60.0 Å². The molecule has 2 aromatic heterocycles. The van der Waals surface area contributed by atoms with Gasteiger partial charge in [-0.3, -0.25) is 10.4 Å². The van der Waals surface area contributed by atoms with E-state index >= 15 is 0 Å². The topological polar surface area (TPSA) is 53.1 Å². The highest BCUT2D eigenvalue weighted by atomic mass is 35.5. The molecule has 0 bridgehead atoms. The zero-order valence-electron chi connectivity index (χ0n) is 13.8. The van der Waals surface area contributed by atoms with Crippen molar-refractivity contribution >= 4 is 45.3 Å². The number of nitrogens with zero attached hydrogens (tertiary/aromatic N) is 2. The Balaban J connectivity index is 1.64. The quantitative estimate of drug-likeness (QED) is 0.384. The van der Waals surface area contributed by atoms with Crippen molar-refractivity contribution in [3.8, 4) is 0 Å². The lowest BCUT2D eigenvalue weighted by Crippen LogP contribution is -1.92. The molecule has 0 atom stereocenters. The molecule has 5 heteroatoms. The van der Waals surface area contributed by atoms with Crippen LogP contribution < -0.4 is 5.43 Å². The van der Waals surface area contributed by atoms with Gasteiger partial charge in [0.25, 0.3) is 0 Å². The third kappa shape index (κ3) is 2.96. The van der Waals surface area contributed by atoms with Crippen LogP contribution >= 0.6 is 11.6 Å². The Kier molecular flexibility index (Phi) is 4.12. The van der Waals surface area contributed by atoms with Gasteiger partial charge in [0.05, 0.1) is 17.4 Å². The molecule has 0 aliphatic carbocycles. The number of H-pyrrole nitrogens is 1. The molecule has 4 aromatic rings. The molecule has 0 saturated heterocycles. The summed E-state index contributed by atoms with van der Waals surface area (Å²) in [5.74, 6) is 0. The smallest absolute Gasteiger partial charge is 0.0738 e. The number of halogens is 1. The molecule has 0 spiro atoms. The average molecular weight is 349 g/mol. The van der Waals surface area contributed by atoms with E-state index < -0.39 is 0 Å². The van der Waals surface area contributed by atoms with Gasteiger partial charge in [0.15, 0.2) is 0 Å². The van der Waals surface area contributed by atoms with Crippen LogP contribution in [0.2, 0.25) is 5.02 Å². The molecule has 0 fully saturated rings. The zero-order chi connectivity index (χ0) is 17.2. The van der Waals surface area contributed by atoms with Gasteiger partial charge in [-0.15, -0.1) is 0 Å². The second-order valence-corrected chi connectivity index (χ2v) is 6.26. The summed E-state index contributed by atoms with van der Waals surface area (Å²) >= 11 is 6.03. The molecule has 2 N–H and O–H groups in total. The van der Waals surface area contributed by atoms with Crippen molar-refractivity contribution in [3.63, 3.8) is 0 Å². The first-order valence-electron chi connectivity index (χ1n) is 8.18. The fourth-order valence-corrected chi connectivity index (χ4v) is 3.20. The SMILES string of the molecule is CCc1cccc2c(C=NNc3ccnc4cc(Cl)ccc34)c[nH]c12. The van der Waals surface area contributed by atoms with E-state index in [0.29, 0.717) is 5.02 Å². The van der Waals surface area contributed by atoms with E-state index in [0.717, 1.165) is 28.6 Å².